The summed E-state index contributed by atoms with van der Waals surface area (Å²) in [5.41, 5.74) is 2.72. The Morgan fingerprint density at radius 1 is 1.27 bits per heavy atom. The Hall–Kier alpha value is -1.55. The van der Waals surface area contributed by atoms with Crippen molar-refractivity contribution in [1.29, 1.82) is 0 Å². The average Bonchev–Trinajstić information content (AvgIpc) is 2.68. The third kappa shape index (κ3) is 3.48. The highest BCUT2D eigenvalue weighted by Gasteiger charge is 2.44. The second-order valence-electron chi connectivity index (χ2n) is 8.11. The molecule has 0 bridgehead atoms. The molecule has 1 aromatic rings. The molecule has 0 aromatic heterocycles. The molecule has 4 heteroatoms. The molecule has 3 aliphatic heterocycles. The van der Waals surface area contributed by atoms with Crippen LogP contribution < -0.4 is 10.1 Å². The highest BCUT2D eigenvalue weighted by Crippen LogP contribution is 2.42. The van der Waals surface area contributed by atoms with Crippen LogP contribution in [0.15, 0.2) is 18.2 Å². The van der Waals surface area contributed by atoms with Gasteiger partial charge in [-0.25, -0.2) is 0 Å². The summed E-state index contributed by atoms with van der Waals surface area (Å²) in [6.45, 7) is 4.95. The summed E-state index contributed by atoms with van der Waals surface area (Å²) < 4.78 is 5.97. The Kier molecular flexibility index (Phi) is 5.49. The minimum Gasteiger partial charge on any atom is -0.494 e. The number of carbonyl (C=O) groups excluding carboxylic acids is 1. The first-order valence-electron chi connectivity index (χ1n) is 10.6. The quantitative estimate of drug-likeness (QED) is 0.788. The predicted molar refractivity (Wildman–Crippen MR) is 103 cm³/mol. The second-order valence-corrected chi connectivity index (χ2v) is 8.11. The van der Waals surface area contributed by atoms with Crippen molar-refractivity contribution in [3.05, 3.63) is 29.3 Å². The van der Waals surface area contributed by atoms with Gasteiger partial charge in [0.2, 0.25) is 5.91 Å². The molecule has 1 aromatic carbocycles. The number of carbonyl (C=O) groups is 1. The molecule has 0 unspecified atom stereocenters. The van der Waals surface area contributed by atoms with Crippen molar-refractivity contribution in [2.75, 3.05) is 19.7 Å². The summed E-state index contributed by atoms with van der Waals surface area (Å²) in [5.74, 6) is 1.57. The predicted octanol–water partition coefficient (Wildman–Crippen LogP) is 3.84. The molecule has 3 heterocycles. The summed E-state index contributed by atoms with van der Waals surface area (Å²) in [7, 11) is 0. The van der Waals surface area contributed by atoms with Crippen LogP contribution in [-0.2, 0) is 11.2 Å². The summed E-state index contributed by atoms with van der Waals surface area (Å²) in [6, 6.07) is 7.14. The van der Waals surface area contributed by atoms with Gasteiger partial charge in [-0.2, -0.15) is 0 Å². The van der Waals surface area contributed by atoms with E-state index in [1.807, 2.05) is 0 Å². The maximum absolute atomic E-state index is 13.0. The topological polar surface area (TPSA) is 41.6 Å². The van der Waals surface area contributed by atoms with Gasteiger partial charge in [0, 0.05) is 12.6 Å². The lowest BCUT2D eigenvalue weighted by atomic mass is 9.77. The van der Waals surface area contributed by atoms with Crippen LogP contribution >= 0.6 is 0 Å². The summed E-state index contributed by atoms with van der Waals surface area (Å²) in [5, 5.41) is 3.60. The zero-order valence-electron chi connectivity index (χ0n) is 16.0. The lowest BCUT2D eigenvalue weighted by Crippen LogP contribution is -2.57. The standard InChI is InChI=1S/C22H32N2O2/c1-2-3-4-5-13-26-17-8-9-18-16(14-17)10-12-24-21(18)15-20-19(22(24)25)7-6-11-23-20/h8-9,14,19-21,23H,2-7,10-13,15H2,1H3/t19-,20-,21-/m0/s1. The smallest absolute Gasteiger partial charge is 0.227 e. The van der Waals surface area contributed by atoms with Crippen LogP contribution in [0.5, 0.6) is 5.75 Å². The molecule has 26 heavy (non-hydrogen) atoms. The molecule has 3 atom stereocenters. The number of rotatable bonds is 6. The largest absolute Gasteiger partial charge is 0.494 e. The van der Waals surface area contributed by atoms with Gasteiger partial charge in [0.1, 0.15) is 5.75 Å². The molecule has 3 aliphatic rings. The molecule has 0 saturated carbocycles. The Bertz CT molecular complexity index is 645. The number of hydrogen-bond acceptors (Lipinski definition) is 3. The highest BCUT2D eigenvalue weighted by atomic mass is 16.5. The fourth-order valence-corrected chi connectivity index (χ4v) is 4.96. The van der Waals surface area contributed by atoms with Crippen LogP contribution in [0.25, 0.3) is 0 Å². The molecular formula is C22H32N2O2. The van der Waals surface area contributed by atoms with Gasteiger partial charge < -0.3 is 15.0 Å². The van der Waals surface area contributed by atoms with E-state index in [9.17, 15) is 4.79 Å². The molecule has 0 aliphatic carbocycles. The van der Waals surface area contributed by atoms with E-state index in [4.69, 9.17) is 4.74 Å². The monoisotopic (exact) mass is 356 g/mol. The maximum atomic E-state index is 13.0. The fraction of sp³-hybridized carbons (Fsp3) is 0.682. The Morgan fingerprint density at radius 3 is 3.08 bits per heavy atom. The number of unbranched alkanes of at least 4 members (excludes halogenated alkanes) is 3. The van der Waals surface area contributed by atoms with Crippen molar-refractivity contribution in [2.24, 2.45) is 5.92 Å². The molecule has 0 spiro atoms. The molecule has 0 radical (unpaired) electrons. The molecule has 4 rings (SSSR count). The van der Waals surface area contributed by atoms with Gasteiger partial charge >= 0.3 is 0 Å². The average molecular weight is 357 g/mol. The number of fused-ring (bicyclic) bond motifs is 4. The van der Waals surface area contributed by atoms with Crippen LogP contribution in [0.4, 0.5) is 0 Å². The third-order valence-corrected chi connectivity index (χ3v) is 6.40. The minimum atomic E-state index is 0.201. The Balaban J connectivity index is 1.45. The van der Waals surface area contributed by atoms with E-state index in [0.29, 0.717) is 11.9 Å². The lowest BCUT2D eigenvalue weighted by molar-refractivity contribution is -0.145. The molecule has 1 N–H and O–H groups in total. The van der Waals surface area contributed by atoms with E-state index >= 15 is 0 Å². The van der Waals surface area contributed by atoms with Gasteiger partial charge in [0.15, 0.2) is 0 Å². The highest BCUT2D eigenvalue weighted by molar-refractivity contribution is 5.81. The fourth-order valence-electron chi connectivity index (χ4n) is 4.96. The van der Waals surface area contributed by atoms with Gasteiger partial charge in [-0.05, 0) is 61.9 Å². The van der Waals surface area contributed by atoms with Crippen LogP contribution in [0.2, 0.25) is 0 Å². The first-order chi connectivity index (χ1) is 12.8. The summed E-state index contributed by atoms with van der Waals surface area (Å²) >= 11 is 0. The van der Waals surface area contributed by atoms with E-state index < -0.39 is 0 Å². The van der Waals surface area contributed by atoms with Crippen molar-refractivity contribution < 1.29 is 9.53 Å². The number of benzene rings is 1. The first kappa shape index (κ1) is 17.8. The summed E-state index contributed by atoms with van der Waals surface area (Å²) in [4.78, 5) is 15.1. The molecule has 1 amide bonds. The normalized spacial score (nSPS) is 27.5. The van der Waals surface area contributed by atoms with Gasteiger partial charge in [-0.1, -0.05) is 32.3 Å². The Labute approximate surface area is 157 Å². The second kappa shape index (κ2) is 7.99. The minimum absolute atomic E-state index is 0.201. The number of nitrogens with one attached hydrogen (secondary N) is 1. The van der Waals surface area contributed by atoms with Gasteiger partial charge in [0.25, 0.3) is 0 Å². The SMILES string of the molecule is CCCCCCOc1ccc2c(c1)CCN1C(=O)[C@H]3CCCN[C@H]3C[C@@H]21. The van der Waals surface area contributed by atoms with Crippen LogP contribution in [0, 0.1) is 5.92 Å². The zero-order valence-corrected chi connectivity index (χ0v) is 16.0. The number of nitrogens with zero attached hydrogens (tertiary/aromatic N) is 1. The van der Waals surface area contributed by atoms with Crippen LogP contribution in [0.1, 0.15) is 69.0 Å². The van der Waals surface area contributed by atoms with E-state index in [-0.39, 0.29) is 12.0 Å². The van der Waals surface area contributed by atoms with Crippen LogP contribution in [0.3, 0.4) is 0 Å². The number of ether oxygens (including phenoxy) is 1. The lowest BCUT2D eigenvalue weighted by Gasteiger charge is -2.48. The van der Waals surface area contributed by atoms with Gasteiger partial charge in [-0.3, -0.25) is 4.79 Å². The molecule has 4 nitrogen and oxygen atoms in total. The first-order valence-corrected chi connectivity index (χ1v) is 10.6. The molecule has 2 fully saturated rings. The van der Waals surface area contributed by atoms with Gasteiger partial charge in [0.05, 0.1) is 18.6 Å². The number of hydrogen-bond donors (Lipinski definition) is 1. The summed E-state index contributed by atoms with van der Waals surface area (Å²) in [6.07, 6.45) is 9.11. The van der Waals surface area contributed by atoms with Crippen molar-refractivity contribution in [3.8, 4) is 5.75 Å². The van der Waals surface area contributed by atoms with E-state index in [1.54, 1.807) is 0 Å². The van der Waals surface area contributed by atoms with E-state index in [2.05, 4.69) is 35.3 Å². The van der Waals surface area contributed by atoms with Crippen LogP contribution in [-0.4, -0.2) is 36.5 Å². The van der Waals surface area contributed by atoms with Crippen molar-refractivity contribution >= 4 is 5.91 Å². The Morgan fingerprint density at radius 2 is 2.19 bits per heavy atom. The number of amides is 1. The number of piperidine rings is 2. The maximum Gasteiger partial charge on any atom is 0.227 e. The molecular weight excluding hydrogens is 324 g/mol. The zero-order chi connectivity index (χ0) is 17.9. The third-order valence-electron chi connectivity index (χ3n) is 6.40. The van der Waals surface area contributed by atoms with Crippen molar-refractivity contribution in [1.82, 2.24) is 10.2 Å². The molecule has 142 valence electrons. The molecule has 2 saturated heterocycles. The van der Waals surface area contributed by atoms with Crippen molar-refractivity contribution in [3.63, 3.8) is 0 Å². The van der Waals surface area contributed by atoms with Gasteiger partial charge in [-0.15, -0.1) is 0 Å². The van der Waals surface area contributed by atoms with E-state index in [0.717, 1.165) is 57.6 Å². The van der Waals surface area contributed by atoms with Crippen molar-refractivity contribution in [2.45, 2.75) is 70.4 Å². The van der Waals surface area contributed by atoms with E-state index in [1.165, 1.54) is 30.4 Å².